The molecule has 0 aliphatic carbocycles. The second-order valence-electron chi connectivity index (χ2n) is 4.77. The highest BCUT2D eigenvalue weighted by Gasteiger charge is 2.43. The van der Waals surface area contributed by atoms with E-state index >= 15 is 0 Å². The minimum absolute atomic E-state index is 0.200. The SMILES string of the molecule is CCCC1=CC(c2ccccc2)(N(C)C)OC1=O. The summed E-state index contributed by atoms with van der Waals surface area (Å²) in [5.74, 6) is -0.200. The molecule has 0 saturated carbocycles. The van der Waals surface area contributed by atoms with Crippen LogP contribution in [0, 0.1) is 0 Å². The summed E-state index contributed by atoms with van der Waals surface area (Å²) in [4.78, 5) is 13.9. The van der Waals surface area contributed by atoms with Crippen molar-refractivity contribution in [3.05, 3.63) is 47.5 Å². The van der Waals surface area contributed by atoms with Gasteiger partial charge in [-0.15, -0.1) is 0 Å². The third-order valence-electron chi connectivity index (χ3n) is 3.25. The van der Waals surface area contributed by atoms with Crippen LogP contribution in [0.25, 0.3) is 0 Å². The summed E-state index contributed by atoms with van der Waals surface area (Å²) in [7, 11) is 3.84. The maximum Gasteiger partial charge on any atom is 0.336 e. The van der Waals surface area contributed by atoms with Crippen molar-refractivity contribution in [1.82, 2.24) is 4.90 Å². The van der Waals surface area contributed by atoms with Gasteiger partial charge in [0.05, 0.1) is 0 Å². The molecular formula is C15H19NO2. The van der Waals surface area contributed by atoms with Gasteiger partial charge < -0.3 is 4.74 Å². The Balaban J connectivity index is 2.45. The molecule has 0 amide bonds. The molecule has 0 spiro atoms. The van der Waals surface area contributed by atoms with E-state index in [2.05, 4.69) is 6.92 Å². The third-order valence-corrected chi connectivity index (χ3v) is 3.25. The lowest BCUT2D eigenvalue weighted by molar-refractivity contribution is -0.160. The van der Waals surface area contributed by atoms with Gasteiger partial charge in [0.25, 0.3) is 0 Å². The van der Waals surface area contributed by atoms with Gasteiger partial charge >= 0.3 is 5.97 Å². The lowest BCUT2D eigenvalue weighted by Gasteiger charge is -2.33. The zero-order valence-corrected chi connectivity index (χ0v) is 11.1. The Kier molecular flexibility index (Phi) is 3.53. The van der Waals surface area contributed by atoms with Crippen LogP contribution >= 0.6 is 0 Å². The molecular weight excluding hydrogens is 226 g/mol. The molecule has 0 radical (unpaired) electrons. The van der Waals surface area contributed by atoms with E-state index < -0.39 is 5.72 Å². The van der Waals surface area contributed by atoms with Gasteiger partial charge in [0.1, 0.15) is 0 Å². The van der Waals surface area contributed by atoms with Gasteiger partial charge in [-0.3, -0.25) is 4.90 Å². The molecule has 0 N–H and O–H groups in total. The molecule has 96 valence electrons. The number of ether oxygens (including phenoxy) is 1. The number of benzene rings is 1. The topological polar surface area (TPSA) is 29.5 Å². The fourth-order valence-electron chi connectivity index (χ4n) is 2.27. The smallest absolute Gasteiger partial charge is 0.336 e. The molecule has 1 aromatic rings. The molecule has 3 heteroatoms. The van der Waals surface area contributed by atoms with Crippen LogP contribution in [-0.4, -0.2) is 25.0 Å². The van der Waals surface area contributed by atoms with Crippen LogP contribution < -0.4 is 0 Å². The summed E-state index contributed by atoms with van der Waals surface area (Å²) in [5.41, 5.74) is 1.01. The Labute approximate surface area is 108 Å². The van der Waals surface area contributed by atoms with Gasteiger partial charge in [0.15, 0.2) is 0 Å². The fraction of sp³-hybridized carbons (Fsp3) is 0.400. The molecule has 1 unspecified atom stereocenters. The molecule has 0 saturated heterocycles. The van der Waals surface area contributed by atoms with Crippen LogP contribution in [-0.2, 0) is 15.3 Å². The number of carbonyl (C=O) groups is 1. The van der Waals surface area contributed by atoms with Gasteiger partial charge in [-0.2, -0.15) is 0 Å². The Morgan fingerprint density at radius 3 is 2.44 bits per heavy atom. The summed E-state index contributed by atoms with van der Waals surface area (Å²) in [5, 5.41) is 0. The Hall–Kier alpha value is -1.61. The van der Waals surface area contributed by atoms with Crippen LogP contribution in [0.2, 0.25) is 0 Å². The second kappa shape index (κ2) is 4.94. The first-order valence-electron chi connectivity index (χ1n) is 6.28. The number of hydrogen-bond acceptors (Lipinski definition) is 3. The van der Waals surface area contributed by atoms with Gasteiger partial charge in [-0.05, 0) is 26.6 Å². The minimum atomic E-state index is -0.747. The maximum atomic E-state index is 11.9. The number of likely N-dealkylation sites (N-methyl/N-ethyl adjacent to an activating group) is 1. The predicted octanol–water partition coefficient (Wildman–Crippen LogP) is 2.68. The summed E-state index contributed by atoms with van der Waals surface area (Å²) < 4.78 is 5.66. The highest BCUT2D eigenvalue weighted by Crippen LogP contribution is 2.37. The number of nitrogens with zero attached hydrogens (tertiary/aromatic N) is 1. The molecule has 1 aliphatic heterocycles. The summed E-state index contributed by atoms with van der Waals surface area (Å²) in [6, 6.07) is 9.85. The van der Waals surface area contributed by atoms with Crippen LogP contribution in [0.1, 0.15) is 25.3 Å². The van der Waals surface area contributed by atoms with Crippen molar-refractivity contribution in [2.75, 3.05) is 14.1 Å². The molecule has 1 atom stereocenters. The van der Waals surface area contributed by atoms with Crippen molar-refractivity contribution in [2.45, 2.75) is 25.5 Å². The molecule has 1 aromatic carbocycles. The van der Waals surface area contributed by atoms with Crippen molar-refractivity contribution in [2.24, 2.45) is 0 Å². The van der Waals surface area contributed by atoms with E-state index in [9.17, 15) is 4.79 Å². The molecule has 3 nitrogen and oxygen atoms in total. The van der Waals surface area contributed by atoms with E-state index in [0.717, 1.165) is 24.0 Å². The standard InChI is InChI=1S/C15H19NO2/c1-4-8-12-11-15(16(2)3,18-14(12)17)13-9-6-5-7-10-13/h5-7,9-11H,4,8H2,1-3H3. The van der Waals surface area contributed by atoms with E-state index in [-0.39, 0.29) is 5.97 Å². The monoisotopic (exact) mass is 245 g/mol. The molecule has 1 heterocycles. The first kappa shape index (κ1) is 12.8. The second-order valence-corrected chi connectivity index (χ2v) is 4.77. The highest BCUT2D eigenvalue weighted by molar-refractivity contribution is 5.91. The number of cyclic esters (lactones) is 1. The van der Waals surface area contributed by atoms with Crippen molar-refractivity contribution in [3.63, 3.8) is 0 Å². The van der Waals surface area contributed by atoms with Crippen molar-refractivity contribution < 1.29 is 9.53 Å². The first-order chi connectivity index (χ1) is 8.60. The van der Waals surface area contributed by atoms with E-state index in [4.69, 9.17) is 4.74 Å². The minimum Gasteiger partial charge on any atom is -0.432 e. The Bertz CT molecular complexity index is 465. The van der Waals surface area contributed by atoms with E-state index in [1.165, 1.54) is 0 Å². The molecule has 18 heavy (non-hydrogen) atoms. The van der Waals surface area contributed by atoms with Gasteiger partial charge in [-0.25, -0.2) is 4.79 Å². The van der Waals surface area contributed by atoms with E-state index in [0.29, 0.717) is 0 Å². The van der Waals surface area contributed by atoms with Crippen LogP contribution in [0.5, 0.6) is 0 Å². The zero-order valence-electron chi connectivity index (χ0n) is 11.1. The van der Waals surface area contributed by atoms with Crippen molar-refractivity contribution in [3.8, 4) is 0 Å². The van der Waals surface area contributed by atoms with Crippen LogP contribution in [0.15, 0.2) is 42.0 Å². The van der Waals surface area contributed by atoms with Crippen molar-refractivity contribution >= 4 is 5.97 Å². The summed E-state index contributed by atoms with van der Waals surface area (Å²) in [6.45, 7) is 2.06. The quantitative estimate of drug-likeness (QED) is 0.764. The number of esters is 1. The average molecular weight is 245 g/mol. The number of hydrogen-bond donors (Lipinski definition) is 0. The zero-order chi connectivity index (χ0) is 13.2. The molecule has 0 aromatic heterocycles. The highest BCUT2D eigenvalue weighted by atomic mass is 16.6. The Morgan fingerprint density at radius 1 is 1.22 bits per heavy atom. The molecule has 0 bridgehead atoms. The molecule has 1 aliphatic rings. The summed E-state index contributed by atoms with van der Waals surface area (Å²) in [6.07, 6.45) is 3.66. The lowest BCUT2D eigenvalue weighted by Crippen LogP contribution is -2.40. The fourth-order valence-corrected chi connectivity index (χ4v) is 2.27. The third kappa shape index (κ3) is 2.06. The van der Waals surface area contributed by atoms with Gasteiger partial charge in [0.2, 0.25) is 5.72 Å². The molecule has 0 fully saturated rings. The van der Waals surface area contributed by atoms with Crippen molar-refractivity contribution in [1.29, 1.82) is 0 Å². The van der Waals surface area contributed by atoms with Gasteiger partial charge in [0, 0.05) is 11.1 Å². The normalized spacial score (nSPS) is 23.1. The van der Waals surface area contributed by atoms with E-state index in [1.54, 1.807) is 0 Å². The van der Waals surface area contributed by atoms with E-state index in [1.807, 2.05) is 55.4 Å². The van der Waals surface area contributed by atoms with Crippen LogP contribution in [0.4, 0.5) is 0 Å². The largest absolute Gasteiger partial charge is 0.432 e. The van der Waals surface area contributed by atoms with Gasteiger partial charge in [-0.1, -0.05) is 43.7 Å². The first-order valence-corrected chi connectivity index (χ1v) is 6.28. The maximum absolute atomic E-state index is 11.9. The Morgan fingerprint density at radius 2 is 1.89 bits per heavy atom. The predicted molar refractivity (Wildman–Crippen MR) is 70.9 cm³/mol. The summed E-state index contributed by atoms with van der Waals surface area (Å²) >= 11 is 0. The molecule has 2 rings (SSSR count). The number of rotatable bonds is 4. The number of carbonyl (C=O) groups excluding carboxylic acids is 1. The average Bonchev–Trinajstić information content (AvgIpc) is 2.70. The lowest BCUT2D eigenvalue weighted by atomic mass is 9.99. The van der Waals surface area contributed by atoms with Crippen LogP contribution in [0.3, 0.4) is 0 Å².